The fourth-order valence-corrected chi connectivity index (χ4v) is 4.94. The molecule has 1 aliphatic carbocycles. The van der Waals surface area contributed by atoms with Crippen LogP contribution in [0.25, 0.3) is 10.9 Å². The molecule has 1 aliphatic heterocycles. The number of fused-ring (bicyclic) bond motifs is 1. The van der Waals surface area contributed by atoms with Gasteiger partial charge in [-0.25, -0.2) is 0 Å². The first-order chi connectivity index (χ1) is 13.7. The Morgan fingerprint density at radius 2 is 1.89 bits per heavy atom. The van der Waals surface area contributed by atoms with Crippen LogP contribution in [0.1, 0.15) is 62.8 Å². The van der Waals surface area contributed by atoms with Crippen LogP contribution in [-0.2, 0) is 4.79 Å². The molecular formula is C23H30N4O. The standard InChI is InChI=1S/C23H30N4O/c24-17-23(11-5-1-2-6-12-23)26-22(28)16-27-13-9-18(10-14-27)20-15-25-21-8-4-3-7-19(20)21/h3-4,7-8,15,18,25H,1-2,5-6,9-14,16H2,(H,26,28). The minimum Gasteiger partial charge on any atom is -0.361 e. The van der Waals surface area contributed by atoms with Crippen LogP contribution in [0.15, 0.2) is 30.5 Å². The van der Waals surface area contributed by atoms with E-state index in [0.29, 0.717) is 12.5 Å². The Morgan fingerprint density at radius 3 is 2.61 bits per heavy atom. The van der Waals surface area contributed by atoms with Gasteiger partial charge in [0, 0.05) is 17.1 Å². The van der Waals surface area contributed by atoms with E-state index in [-0.39, 0.29) is 5.91 Å². The Hall–Kier alpha value is -2.32. The largest absolute Gasteiger partial charge is 0.361 e. The first-order valence-corrected chi connectivity index (χ1v) is 10.7. The molecule has 2 aliphatic rings. The van der Waals surface area contributed by atoms with Gasteiger partial charge < -0.3 is 10.3 Å². The van der Waals surface area contributed by atoms with E-state index in [4.69, 9.17) is 0 Å². The highest BCUT2D eigenvalue weighted by atomic mass is 16.2. The van der Waals surface area contributed by atoms with Gasteiger partial charge in [-0.1, -0.05) is 43.9 Å². The highest BCUT2D eigenvalue weighted by molar-refractivity contribution is 5.83. The minimum atomic E-state index is -0.643. The molecule has 4 rings (SSSR count). The predicted octanol–water partition coefficient (Wildman–Crippen LogP) is 4.08. The van der Waals surface area contributed by atoms with Gasteiger partial charge in [0.05, 0.1) is 12.6 Å². The molecule has 5 heteroatoms. The summed E-state index contributed by atoms with van der Waals surface area (Å²) < 4.78 is 0. The number of hydrogen-bond acceptors (Lipinski definition) is 3. The van der Waals surface area contributed by atoms with Gasteiger partial charge in [-0.2, -0.15) is 5.26 Å². The Labute approximate surface area is 167 Å². The number of aromatic amines is 1. The van der Waals surface area contributed by atoms with Crippen LogP contribution in [0.5, 0.6) is 0 Å². The van der Waals surface area contributed by atoms with Crippen molar-refractivity contribution in [1.29, 1.82) is 5.26 Å². The van der Waals surface area contributed by atoms with Crippen molar-refractivity contribution in [2.75, 3.05) is 19.6 Å². The maximum atomic E-state index is 12.6. The zero-order valence-electron chi connectivity index (χ0n) is 16.5. The summed E-state index contributed by atoms with van der Waals surface area (Å²) >= 11 is 0. The average molecular weight is 379 g/mol. The summed E-state index contributed by atoms with van der Waals surface area (Å²) in [6.07, 6.45) is 10.3. The maximum absolute atomic E-state index is 12.6. The molecule has 148 valence electrons. The van der Waals surface area contributed by atoms with E-state index >= 15 is 0 Å². The van der Waals surface area contributed by atoms with Gasteiger partial charge in [0.25, 0.3) is 0 Å². The van der Waals surface area contributed by atoms with E-state index in [0.717, 1.165) is 51.6 Å². The van der Waals surface area contributed by atoms with Crippen molar-refractivity contribution in [1.82, 2.24) is 15.2 Å². The van der Waals surface area contributed by atoms with Crippen LogP contribution >= 0.6 is 0 Å². The molecule has 2 aromatic rings. The summed E-state index contributed by atoms with van der Waals surface area (Å²) in [6, 6.07) is 10.9. The van der Waals surface area contributed by atoms with Gasteiger partial charge in [0.15, 0.2) is 0 Å². The fraction of sp³-hybridized carbons (Fsp3) is 0.565. The third-order valence-corrected chi connectivity index (χ3v) is 6.57. The highest BCUT2D eigenvalue weighted by Crippen LogP contribution is 2.33. The zero-order chi connectivity index (χ0) is 19.4. The average Bonchev–Trinajstić information content (AvgIpc) is 3.01. The lowest BCUT2D eigenvalue weighted by Gasteiger charge is -2.33. The Kier molecular flexibility index (Phi) is 5.68. The lowest BCUT2D eigenvalue weighted by molar-refractivity contribution is -0.124. The monoisotopic (exact) mass is 378 g/mol. The number of piperidine rings is 1. The molecule has 1 amide bonds. The van der Waals surface area contributed by atoms with Gasteiger partial charge >= 0.3 is 0 Å². The van der Waals surface area contributed by atoms with Crippen molar-refractivity contribution in [2.24, 2.45) is 0 Å². The van der Waals surface area contributed by atoms with Crippen LogP contribution < -0.4 is 5.32 Å². The van der Waals surface area contributed by atoms with Gasteiger partial charge in [-0.3, -0.25) is 9.69 Å². The first-order valence-electron chi connectivity index (χ1n) is 10.7. The number of nitriles is 1. The number of benzene rings is 1. The number of carbonyl (C=O) groups excluding carboxylic acids is 1. The summed E-state index contributed by atoms with van der Waals surface area (Å²) in [5.74, 6) is 0.553. The Balaban J connectivity index is 1.31. The van der Waals surface area contributed by atoms with E-state index < -0.39 is 5.54 Å². The minimum absolute atomic E-state index is 0.00833. The molecule has 1 aromatic carbocycles. The molecule has 5 nitrogen and oxygen atoms in total. The summed E-state index contributed by atoms with van der Waals surface area (Å²) in [7, 11) is 0. The van der Waals surface area contributed by atoms with Crippen molar-refractivity contribution in [3.05, 3.63) is 36.0 Å². The zero-order valence-corrected chi connectivity index (χ0v) is 16.5. The fourth-order valence-electron chi connectivity index (χ4n) is 4.94. The van der Waals surface area contributed by atoms with Crippen molar-refractivity contribution < 1.29 is 4.79 Å². The van der Waals surface area contributed by atoms with Crippen LogP contribution in [0.2, 0.25) is 0 Å². The third kappa shape index (κ3) is 4.07. The molecule has 0 unspecified atom stereocenters. The number of H-pyrrole nitrogens is 1. The molecule has 0 atom stereocenters. The molecule has 0 radical (unpaired) electrons. The molecular weight excluding hydrogens is 348 g/mol. The highest BCUT2D eigenvalue weighted by Gasteiger charge is 2.33. The number of hydrogen-bond donors (Lipinski definition) is 2. The number of carbonyl (C=O) groups is 1. The van der Waals surface area contributed by atoms with E-state index in [1.54, 1.807) is 0 Å². The van der Waals surface area contributed by atoms with Crippen LogP contribution in [0.3, 0.4) is 0 Å². The van der Waals surface area contributed by atoms with Gasteiger partial charge in [0.2, 0.25) is 5.91 Å². The summed E-state index contributed by atoms with van der Waals surface area (Å²) in [5.41, 5.74) is 1.96. The van der Waals surface area contributed by atoms with Crippen molar-refractivity contribution in [2.45, 2.75) is 62.8 Å². The van der Waals surface area contributed by atoms with Gasteiger partial charge in [0.1, 0.15) is 5.54 Å². The van der Waals surface area contributed by atoms with E-state index in [1.807, 2.05) is 0 Å². The van der Waals surface area contributed by atoms with Gasteiger partial charge in [-0.15, -0.1) is 0 Å². The number of para-hydroxylation sites is 1. The number of amides is 1. The number of aromatic nitrogens is 1. The molecule has 0 spiro atoms. The molecule has 2 fully saturated rings. The maximum Gasteiger partial charge on any atom is 0.235 e. The number of likely N-dealkylation sites (tertiary alicyclic amines) is 1. The second-order valence-electron chi connectivity index (χ2n) is 8.50. The Bertz CT molecular complexity index is 849. The molecule has 2 N–H and O–H groups in total. The number of nitrogens with one attached hydrogen (secondary N) is 2. The SMILES string of the molecule is N#CC1(NC(=O)CN2CCC(c3c[nH]c4ccccc34)CC2)CCCCCC1. The van der Waals surface area contributed by atoms with Crippen LogP contribution in [0.4, 0.5) is 0 Å². The van der Waals surface area contributed by atoms with Crippen LogP contribution in [-0.4, -0.2) is 41.0 Å². The lowest BCUT2D eigenvalue weighted by Crippen LogP contribution is -2.51. The molecule has 2 heterocycles. The summed E-state index contributed by atoms with van der Waals surface area (Å²) in [4.78, 5) is 18.3. The van der Waals surface area contributed by atoms with Gasteiger partial charge in [-0.05, 0) is 56.3 Å². The molecule has 1 saturated carbocycles. The molecule has 1 aromatic heterocycles. The van der Waals surface area contributed by atoms with Crippen molar-refractivity contribution in [3.63, 3.8) is 0 Å². The molecule has 28 heavy (non-hydrogen) atoms. The second kappa shape index (κ2) is 8.36. The van der Waals surface area contributed by atoms with Crippen molar-refractivity contribution in [3.8, 4) is 6.07 Å². The topological polar surface area (TPSA) is 71.9 Å². The third-order valence-electron chi connectivity index (χ3n) is 6.57. The second-order valence-corrected chi connectivity index (χ2v) is 8.50. The van der Waals surface area contributed by atoms with E-state index in [9.17, 15) is 10.1 Å². The lowest BCUT2D eigenvalue weighted by atomic mass is 9.89. The quantitative estimate of drug-likeness (QED) is 0.788. The number of rotatable bonds is 4. The Morgan fingerprint density at radius 1 is 1.18 bits per heavy atom. The first kappa shape index (κ1) is 19.0. The predicted molar refractivity (Wildman–Crippen MR) is 111 cm³/mol. The van der Waals surface area contributed by atoms with Crippen LogP contribution in [0, 0.1) is 11.3 Å². The van der Waals surface area contributed by atoms with Crippen molar-refractivity contribution >= 4 is 16.8 Å². The smallest absolute Gasteiger partial charge is 0.235 e. The van der Waals surface area contributed by atoms with E-state index in [1.165, 1.54) is 29.3 Å². The molecule has 0 bridgehead atoms. The number of nitrogens with zero attached hydrogens (tertiary/aromatic N) is 2. The summed E-state index contributed by atoms with van der Waals surface area (Å²) in [5, 5.41) is 14.1. The summed E-state index contributed by atoms with van der Waals surface area (Å²) in [6.45, 7) is 2.26. The molecule has 1 saturated heterocycles. The van der Waals surface area contributed by atoms with E-state index in [2.05, 4.69) is 51.7 Å². The normalized spacial score (nSPS) is 21.1.